The monoisotopic (exact) mass is 289 g/mol. The number of nitrogens with zero attached hydrogens (tertiary/aromatic N) is 1. The molecule has 0 fully saturated rings. The highest BCUT2D eigenvalue weighted by molar-refractivity contribution is 6.06. The Kier molecular flexibility index (Phi) is 4.26. The molecule has 112 valence electrons. The lowest BCUT2D eigenvalue weighted by Gasteiger charge is -2.27. The second-order valence-electron chi connectivity index (χ2n) is 5.13. The summed E-state index contributed by atoms with van der Waals surface area (Å²) < 4.78 is 4.80. The third-order valence-corrected chi connectivity index (χ3v) is 3.47. The lowest BCUT2D eigenvalue weighted by molar-refractivity contribution is -0.147. The SMILES string of the molecule is CCCC(C)(NC(=O)c1cccc2[nH]cnc12)C(=O)OC. The summed E-state index contributed by atoms with van der Waals surface area (Å²) in [5.74, 6) is -0.791. The van der Waals surface area contributed by atoms with Gasteiger partial charge in [-0.1, -0.05) is 19.4 Å². The molecule has 0 aliphatic carbocycles. The molecule has 0 saturated carbocycles. The molecule has 0 bridgehead atoms. The Hall–Kier alpha value is -2.37. The van der Waals surface area contributed by atoms with Crippen LogP contribution in [0, 0.1) is 0 Å². The van der Waals surface area contributed by atoms with Crippen molar-refractivity contribution >= 4 is 22.9 Å². The smallest absolute Gasteiger partial charge is 0.331 e. The molecular weight excluding hydrogens is 270 g/mol. The summed E-state index contributed by atoms with van der Waals surface area (Å²) in [7, 11) is 1.32. The number of carbonyl (C=O) groups is 2. The average Bonchev–Trinajstić information content (AvgIpc) is 2.94. The van der Waals surface area contributed by atoms with Gasteiger partial charge in [-0.15, -0.1) is 0 Å². The van der Waals surface area contributed by atoms with E-state index in [9.17, 15) is 9.59 Å². The van der Waals surface area contributed by atoms with Gasteiger partial charge in [0.15, 0.2) is 0 Å². The van der Waals surface area contributed by atoms with E-state index in [4.69, 9.17) is 4.74 Å². The van der Waals surface area contributed by atoms with Crippen molar-refractivity contribution in [1.82, 2.24) is 15.3 Å². The second-order valence-corrected chi connectivity index (χ2v) is 5.13. The Morgan fingerprint density at radius 1 is 1.43 bits per heavy atom. The van der Waals surface area contributed by atoms with E-state index in [-0.39, 0.29) is 5.91 Å². The topological polar surface area (TPSA) is 84.1 Å². The van der Waals surface area contributed by atoms with Gasteiger partial charge in [-0.05, 0) is 25.5 Å². The lowest BCUT2D eigenvalue weighted by atomic mass is 9.95. The second kappa shape index (κ2) is 5.95. The maximum absolute atomic E-state index is 12.5. The number of methoxy groups -OCH3 is 1. The zero-order chi connectivity index (χ0) is 15.5. The van der Waals surface area contributed by atoms with Crippen molar-refractivity contribution in [3.8, 4) is 0 Å². The first kappa shape index (κ1) is 15.0. The Bertz CT molecular complexity index is 665. The fourth-order valence-corrected chi connectivity index (χ4v) is 2.41. The molecule has 1 amide bonds. The van der Waals surface area contributed by atoms with Crippen LogP contribution in [-0.4, -0.2) is 34.5 Å². The highest BCUT2D eigenvalue weighted by Crippen LogP contribution is 2.18. The van der Waals surface area contributed by atoms with E-state index >= 15 is 0 Å². The van der Waals surface area contributed by atoms with E-state index < -0.39 is 11.5 Å². The molecule has 2 rings (SSSR count). The van der Waals surface area contributed by atoms with Gasteiger partial charge in [-0.2, -0.15) is 0 Å². The van der Waals surface area contributed by atoms with Crippen LogP contribution in [0.4, 0.5) is 0 Å². The molecule has 1 aromatic heterocycles. The van der Waals surface area contributed by atoms with Crippen molar-refractivity contribution in [1.29, 1.82) is 0 Å². The highest BCUT2D eigenvalue weighted by Gasteiger charge is 2.35. The zero-order valence-electron chi connectivity index (χ0n) is 12.4. The Morgan fingerprint density at radius 2 is 2.19 bits per heavy atom. The van der Waals surface area contributed by atoms with Crippen LogP contribution in [0.1, 0.15) is 37.0 Å². The van der Waals surface area contributed by atoms with E-state index in [1.165, 1.54) is 13.4 Å². The van der Waals surface area contributed by atoms with Gasteiger partial charge < -0.3 is 15.0 Å². The molecule has 2 aromatic rings. The number of H-pyrrole nitrogens is 1. The fourth-order valence-electron chi connectivity index (χ4n) is 2.41. The summed E-state index contributed by atoms with van der Waals surface area (Å²) in [6.45, 7) is 3.62. The van der Waals surface area contributed by atoms with Crippen LogP contribution in [-0.2, 0) is 9.53 Å². The minimum Gasteiger partial charge on any atom is -0.467 e. The summed E-state index contributed by atoms with van der Waals surface area (Å²) in [6.07, 6.45) is 2.79. The van der Waals surface area contributed by atoms with Gasteiger partial charge in [0.05, 0.1) is 24.5 Å². The summed E-state index contributed by atoms with van der Waals surface area (Å²) in [4.78, 5) is 31.5. The van der Waals surface area contributed by atoms with E-state index in [1.54, 1.807) is 19.1 Å². The molecule has 1 aromatic carbocycles. The number of ether oxygens (including phenoxy) is 1. The van der Waals surface area contributed by atoms with Gasteiger partial charge in [-0.25, -0.2) is 9.78 Å². The summed E-state index contributed by atoms with van der Waals surface area (Å²) in [6, 6.07) is 5.29. The van der Waals surface area contributed by atoms with Gasteiger partial charge in [0.1, 0.15) is 11.1 Å². The highest BCUT2D eigenvalue weighted by atomic mass is 16.5. The van der Waals surface area contributed by atoms with Crippen LogP contribution < -0.4 is 5.32 Å². The largest absolute Gasteiger partial charge is 0.467 e. The molecule has 0 saturated heterocycles. The van der Waals surface area contributed by atoms with Crippen molar-refractivity contribution in [2.45, 2.75) is 32.2 Å². The van der Waals surface area contributed by atoms with Crippen molar-refractivity contribution < 1.29 is 14.3 Å². The third kappa shape index (κ3) is 2.89. The third-order valence-electron chi connectivity index (χ3n) is 3.47. The summed E-state index contributed by atoms with van der Waals surface area (Å²) in [5.41, 5.74) is 0.746. The minimum atomic E-state index is -1.04. The van der Waals surface area contributed by atoms with E-state index in [2.05, 4.69) is 15.3 Å². The number of hydrogen-bond acceptors (Lipinski definition) is 4. The van der Waals surface area contributed by atoms with E-state index in [0.29, 0.717) is 17.5 Å². The molecule has 1 heterocycles. The van der Waals surface area contributed by atoms with E-state index in [0.717, 1.165) is 11.9 Å². The van der Waals surface area contributed by atoms with Crippen molar-refractivity contribution in [3.63, 3.8) is 0 Å². The number of nitrogens with one attached hydrogen (secondary N) is 2. The number of carbonyl (C=O) groups excluding carboxylic acids is 2. The van der Waals surface area contributed by atoms with Gasteiger partial charge in [-0.3, -0.25) is 4.79 Å². The zero-order valence-corrected chi connectivity index (χ0v) is 12.4. The number of esters is 1. The first-order valence-corrected chi connectivity index (χ1v) is 6.85. The van der Waals surface area contributed by atoms with Crippen molar-refractivity contribution in [2.24, 2.45) is 0 Å². The van der Waals surface area contributed by atoms with Crippen molar-refractivity contribution in [2.75, 3.05) is 7.11 Å². The number of amides is 1. The van der Waals surface area contributed by atoms with Gasteiger partial charge in [0.25, 0.3) is 5.91 Å². The predicted octanol–water partition coefficient (Wildman–Crippen LogP) is 2.02. The fraction of sp³-hybridized carbons (Fsp3) is 0.400. The van der Waals surface area contributed by atoms with Crippen LogP contribution in [0.15, 0.2) is 24.5 Å². The molecule has 0 spiro atoms. The summed E-state index contributed by atoms with van der Waals surface area (Å²) >= 11 is 0. The first-order valence-electron chi connectivity index (χ1n) is 6.85. The van der Waals surface area contributed by atoms with Crippen LogP contribution in [0.25, 0.3) is 11.0 Å². The quantitative estimate of drug-likeness (QED) is 0.825. The molecule has 1 unspecified atom stereocenters. The molecule has 6 nitrogen and oxygen atoms in total. The molecule has 0 radical (unpaired) electrons. The lowest BCUT2D eigenvalue weighted by Crippen LogP contribution is -2.52. The van der Waals surface area contributed by atoms with Gasteiger partial charge >= 0.3 is 5.97 Å². The number of hydrogen-bond donors (Lipinski definition) is 2. The van der Waals surface area contributed by atoms with Gasteiger partial charge in [0, 0.05) is 0 Å². The van der Waals surface area contributed by atoms with Crippen LogP contribution in [0.5, 0.6) is 0 Å². The van der Waals surface area contributed by atoms with E-state index in [1.807, 2.05) is 13.0 Å². The standard InChI is InChI=1S/C15H19N3O3/c1-4-8-15(2,14(20)21-3)18-13(19)10-6-5-7-11-12(10)17-9-16-11/h5-7,9H,4,8H2,1-3H3,(H,16,17)(H,18,19). The normalized spacial score (nSPS) is 13.7. The Balaban J connectivity index is 2.31. The van der Waals surface area contributed by atoms with Crippen LogP contribution in [0.2, 0.25) is 0 Å². The molecule has 2 N–H and O–H groups in total. The number of para-hydroxylation sites is 1. The number of imidazole rings is 1. The maximum Gasteiger partial charge on any atom is 0.331 e. The maximum atomic E-state index is 12.5. The molecule has 21 heavy (non-hydrogen) atoms. The number of aromatic amines is 1. The van der Waals surface area contributed by atoms with Gasteiger partial charge in [0.2, 0.25) is 0 Å². The molecule has 0 aliphatic heterocycles. The molecule has 0 aliphatic rings. The van der Waals surface area contributed by atoms with Crippen LogP contribution in [0.3, 0.4) is 0 Å². The predicted molar refractivity (Wildman–Crippen MR) is 78.9 cm³/mol. The Labute approximate surface area is 122 Å². The number of fused-ring (bicyclic) bond motifs is 1. The van der Waals surface area contributed by atoms with Crippen molar-refractivity contribution in [3.05, 3.63) is 30.1 Å². The Morgan fingerprint density at radius 3 is 2.86 bits per heavy atom. The first-order chi connectivity index (χ1) is 10.0. The molecule has 1 atom stereocenters. The average molecular weight is 289 g/mol. The minimum absolute atomic E-state index is 0.339. The number of rotatable bonds is 5. The molecular formula is C15H19N3O3. The number of benzene rings is 1. The summed E-state index contributed by atoms with van der Waals surface area (Å²) in [5, 5.41) is 2.78. The molecule has 6 heteroatoms. The number of aromatic nitrogens is 2. The van der Waals surface area contributed by atoms with Crippen LogP contribution >= 0.6 is 0 Å².